The highest BCUT2D eigenvalue weighted by Gasteiger charge is 2.08. The lowest BCUT2D eigenvalue weighted by molar-refractivity contribution is 0.0954. The first-order valence-electron chi connectivity index (χ1n) is 10.5. The molecule has 0 aliphatic carbocycles. The number of rotatable bonds is 6. The maximum atomic E-state index is 12.5. The summed E-state index contributed by atoms with van der Waals surface area (Å²) in [4.78, 5) is 12.5. The Hall–Kier alpha value is -3.67. The minimum Gasteiger partial charge on any atom is -0.352 e. The van der Waals surface area contributed by atoms with Crippen molar-refractivity contribution < 1.29 is 4.79 Å². The van der Waals surface area contributed by atoms with E-state index in [9.17, 15) is 4.79 Å². The van der Waals surface area contributed by atoms with Crippen LogP contribution < -0.4 is 5.32 Å². The Balaban J connectivity index is 1.33. The van der Waals surface area contributed by atoms with Crippen molar-refractivity contribution in [3.05, 3.63) is 94.6 Å². The first kappa shape index (κ1) is 20.6. The van der Waals surface area contributed by atoms with E-state index in [4.69, 9.17) is 0 Å². The van der Waals surface area contributed by atoms with Gasteiger partial charge in [0.1, 0.15) is 0 Å². The SMILES string of the molecule is Cc1cc(C)n(-c2ccc(CCNC(=O)c3ccc(-n4nc(C)cc4C)cc3)cc2)n1. The van der Waals surface area contributed by atoms with Gasteiger partial charge in [-0.2, -0.15) is 10.2 Å². The summed E-state index contributed by atoms with van der Waals surface area (Å²) in [6, 6.07) is 19.9. The fraction of sp³-hybridized carbons (Fsp3) is 0.240. The Morgan fingerprint density at radius 3 is 1.71 bits per heavy atom. The second kappa shape index (κ2) is 8.60. The summed E-state index contributed by atoms with van der Waals surface area (Å²) < 4.78 is 3.82. The van der Waals surface area contributed by atoms with Crippen LogP contribution in [0.3, 0.4) is 0 Å². The van der Waals surface area contributed by atoms with Crippen molar-refractivity contribution >= 4 is 5.91 Å². The Labute approximate surface area is 182 Å². The molecule has 0 saturated carbocycles. The zero-order chi connectivity index (χ0) is 22.0. The molecule has 0 aliphatic heterocycles. The molecule has 0 bridgehead atoms. The van der Waals surface area contributed by atoms with Crippen molar-refractivity contribution in [2.45, 2.75) is 34.1 Å². The molecule has 1 amide bonds. The molecule has 4 aromatic rings. The van der Waals surface area contributed by atoms with Crippen molar-refractivity contribution in [2.24, 2.45) is 0 Å². The molecule has 0 unspecified atom stereocenters. The summed E-state index contributed by atoms with van der Waals surface area (Å²) in [6.45, 7) is 8.61. The zero-order valence-electron chi connectivity index (χ0n) is 18.4. The standard InChI is InChI=1S/C25H27N5O/c1-17-15-19(3)29(27-17)23-9-5-21(6-10-23)13-14-26-25(31)22-7-11-24(12-8-22)30-20(4)16-18(2)28-30/h5-12,15-16H,13-14H2,1-4H3,(H,26,31). The predicted molar refractivity (Wildman–Crippen MR) is 122 cm³/mol. The van der Waals surface area contributed by atoms with E-state index < -0.39 is 0 Å². The summed E-state index contributed by atoms with van der Waals surface area (Å²) in [6.07, 6.45) is 0.771. The molecule has 31 heavy (non-hydrogen) atoms. The van der Waals surface area contributed by atoms with Gasteiger partial charge in [-0.3, -0.25) is 4.79 Å². The van der Waals surface area contributed by atoms with E-state index >= 15 is 0 Å². The van der Waals surface area contributed by atoms with Gasteiger partial charge < -0.3 is 5.32 Å². The topological polar surface area (TPSA) is 64.7 Å². The molecule has 158 valence electrons. The third-order valence-corrected chi connectivity index (χ3v) is 5.27. The van der Waals surface area contributed by atoms with Crippen molar-refractivity contribution in [3.8, 4) is 11.4 Å². The molecule has 0 atom stereocenters. The molecule has 2 heterocycles. The van der Waals surface area contributed by atoms with Gasteiger partial charge in [-0.1, -0.05) is 12.1 Å². The van der Waals surface area contributed by atoms with Crippen LogP contribution in [0.25, 0.3) is 11.4 Å². The monoisotopic (exact) mass is 413 g/mol. The molecule has 1 N–H and O–H groups in total. The third-order valence-electron chi connectivity index (χ3n) is 5.27. The van der Waals surface area contributed by atoms with Crippen molar-refractivity contribution in [3.63, 3.8) is 0 Å². The molecule has 0 fully saturated rings. The van der Waals surface area contributed by atoms with Gasteiger partial charge in [-0.25, -0.2) is 9.36 Å². The number of nitrogens with zero attached hydrogens (tertiary/aromatic N) is 4. The van der Waals surface area contributed by atoms with E-state index in [1.165, 1.54) is 5.56 Å². The highest BCUT2D eigenvalue weighted by atomic mass is 16.1. The average Bonchev–Trinajstić information content (AvgIpc) is 3.28. The lowest BCUT2D eigenvalue weighted by Crippen LogP contribution is -2.25. The lowest BCUT2D eigenvalue weighted by atomic mass is 10.1. The molecule has 0 saturated heterocycles. The Morgan fingerprint density at radius 1 is 0.774 bits per heavy atom. The quantitative estimate of drug-likeness (QED) is 0.514. The second-order valence-corrected chi connectivity index (χ2v) is 7.90. The maximum absolute atomic E-state index is 12.5. The number of hydrogen-bond donors (Lipinski definition) is 1. The Kier molecular flexibility index (Phi) is 5.71. The summed E-state index contributed by atoms with van der Waals surface area (Å²) in [5.41, 5.74) is 7.97. The number of aryl methyl sites for hydroxylation is 4. The van der Waals surface area contributed by atoms with Gasteiger partial charge in [0.25, 0.3) is 5.91 Å². The van der Waals surface area contributed by atoms with Crippen LogP contribution in [0.5, 0.6) is 0 Å². The molecule has 0 radical (unpaired) electrons. The molecule has 6 heteroatoms. The van der Waals surface area contributed by atoms with Gasteiger partial charge in [0.2, 0.25) is 0 Å². The van der Waals surface area contributed by atoms with Crippen LogP contribution in [0.4, 0.5) is 0 Å². The number of aromatic nitrogens is 4. The second-order valence-electron chi connectivity index (χ2n) is 7.90. The number of carbonyl (C=O) groups excluding carboxylic acids is 1. The smallest absolute Gasteiger partial charge is 0.251 e. The predicted octanol–water partition coefficient (Wildman–Crippen LogP) is 4.26. The summed E-state index contributed by atoms with van der Waals surface area (Å²) in [5.74, 6) is -0.0702. The number of hydrogen-bond acceptors (Lipinski definition) is 3. The van der Waals surface area contributed by atoms with Crippen LogP contribution in [0.2, 0.25) is 0 Å². The van der Waals surface area contributed by atoms with E-state index in [1.807, 2.05) is 67.4 Å². The van der Waals surface area contributed by atoms with E-state index in [2.05, 4.69) is 45.8 Å². The molecular weight excluding hydrogens is 386 g/mol. The number of amides is 1. The summed E-state index contributed by atoms with van der Waals surface area (Å²) in [7, 11) is 0. The molecule has 6 nitrogen and oxygen atoms in total. The lowest BCUT2D eigenvalue weighted by Gasteiger charge is -2.09. The van der Waals surface area contributed by atoms with Gasteiger partial charge in [0, 0.05) is 23.5 Å². The van der Waals surface area contributed by atoms with E-state index in [1.54, 1.807) is 0 Å². The molecular formula is C25H27N5O. The molecule has 4 rings (SSSR count). The van der Waals surface area contributed by atoms with Gasteiger partial charge in [-0.05, 0) is 88.2 Å². The van der Waals surface area contributed by atoms with Crippen molar-refractivity contribution in [2.75, 3.05) is 6.54 Å². The largest absolute Gasteiger partial charge is 0.352 e. The fourth-order valence-corrected chi connectivity index (χ4v) is 3.76. The highest BCUT2D eigenvalue weighted by molar-refractivity contribution is 5.94. The van der Waals surface area contributed by atoms with Crippen LogP contribution in [0.1, 0.15) is 38.7 Å². The van der Waals surface area contributed by atoms with Crippen LogP contribution in [-0.4, -0.2) is 32.0 Å². The zero-order valence-corrected chi connectivity index (χ0v) is 18.4. The first-order chi connectivity index (χ1) is 14.9. The maximum Gasteiger partial charge on any atom is 0.251 e. The number of nitrogens with one attached hydrogen (secondary N) is 1. The van der Waals surface area contributed by atoms with Crippen LogP contribution in [0.15, 0.2) is 60.7 Å². The average molecular weight is 414 g/mol. The van der Waals surface area contributed by atoms with Gasteiger partial charge in [-0.15, -0.1) is 0 Å². The molecule has 2 aromatic heterocycles. The van der Waals surface area contributed by atoms with Gasteiger partial charge >= 0.3 is 0 Å². The fourth-order valence-electron chi connectivity index (χ4n) is 3.76. The molecule has 0 spiro atoms. The highest BCUT2D eigenvalue weighted by Crippen LogP contribution is 2.14. The van der Waals surface area contributed by atoms with Crippen molar-refractivity contribution in [1.82, 2.24) is 24.9 Å². The Morgan fingerprint density at radius 2 is 1.26 bits per heavy atom. The summed E-state index contributed by atoms with van der Waals surface area (Å²) >= 11 is 0. The number of carbonyl (C=O) groups is 1. The molecule has 0 aliphatic rings. The van der Waals surface area contributed by atoms with E-state index in [-0.39, 0.29) is 5.91 Å². The van der Waals surface area contributed by atoms with Gasteiger partial charge in [0.15, 0.2) is 0 Å². The van der Waals surface area contributed by atoms with E-state index in [0.717, 1.165) is 40.6 Å². The normalized spacial score (nSPS) is 11.0. The Bertz CT molecular complexity index is 1200. The van der Waals surface area contributed by atoms with Crippen molar-refractivity contribution in [1.29, 1.82) is 0 Å². The molecule has 2 aromatic carbocycles. The van der Waals surface area contributed by atoms with Crippen LogP contribution in [-0.2, 0) is 6.42 Å². The summed E-state index contributed by atoms with van der Waals surface area (Å²) in [5, 5.41) is 12.0. The van der Waals surface area contributed by atoms with Gasteiger partial charge in [0.05, 0.1) is 22.8 Å². The minimum atomic E-state index is -0.0702. The first-order valence-corrected chi connectivity index (χ1v) is 10.5. The van der Waals surface area contributed by atoms with Crippen LogP contribution >= 0.6 is 0 Å². The van der Waals surface area contributed by atoms with Crippen LogP contribution in [0, 0.1) is 27.7 Å². The van der Waals surface area contributed by atoms with E-state index in [0.29, 0.717) is 12.1 Å². The third kappa shape index (κ3) is 4.58. The number of benzene rings is 2. The minimum absolute atomic E-state index is 0.0702.